The fourth-order valence-electron chi connectivity index (χ4n) is 10.8. The first-order valence-electron chi connectivity index (χ1n) is 21.1. The Morgan fingerprint density at radius 1 is 0.833 bits per heavy atom. The summed E-state index contributed by atoms with van der Waals surface area (Å²) in [4.78, 5) is 30.7. The second-order valence-electron chi connectivity index (χ2n) is 17.0. The number of methoxy groups -OCH3 is 3. The molecule has 5 unspecified atom stereocenters. The fourth-order valence-corrected chi connectivity index (χ4v) is 10.8. The molecule has 3 aliphatic carbocycles. The number of fused-ring (bicyclic) bond motifs is 5. The van der Waals surface area contributed by atoms with E-state index in [1.807, 2.05) is 13.8 Å². The van der Waals surface area contributed by atoms with Crippen molar-refractivity contribution in [1.82, 2.24) is 4.90 Å². The molecule has 0 radical (unpaired) electrons. The molecule has 17 atom stereocenters. The maximum absolute atomic E-state index is 14.7. The summed E-state index contributed by atoms with van der Waals surface area (Å²) in [5.74, 6) is 0.0207. The molecular formula is C43H69NO10. The minimum atomic E-state index is -0.594. The zero-order chi connectivity index (χ0) is 38.7. The maximum Gasteiger partial charge on any atom is 0.306 e. The number of allylic oxidation sites excluding steroid dienone is 4. The third-order valence-corrected chi connectivity index (χ3v) is 13.7. The summed E-state index contributed by atoms with van der Waals surface area (Å²) in [7, 11) is 7.15. The van der Waals surface area contributed by atoms with E-state index in [9.17, 15) is 9.59 Å². The van der Waals surface area contributed by atoms with Crippen LogP contribution in [0.15, 0.2) is 23.8 Å². The number of carbonyl (C=O) groups excluding carboxylic acids is 2. The maximum atomic E-state index is 14.7. The molecule has 11 nitrogen and oxygen atoms in total. The molecule has 0 bridgehead atoms. The van der Waals surface area contributed by atoms with Crippen LogP contribution in [0, 0.1) is 35.5 Å². The number of nitrogens with zero attached hydrogens (tertiary/aromatic N) is 1. The molecule has 0 aromatic rings. The number of carbonyl (C=O) groups is 2. The van der Waals surface area contributed by atoms with E-state index in [0.29, 0.717) is 18.4 Å². The summed E-state index contributed by atoms with van der Waals surface area (Å²) in [6, 6.07) is 0.357. The van der Waals surface area contributed by atoms with Crippen molar-refractivity contribution in [3.8, 4) is 0 Å². The fraction of sp³-hybridized carbons (Fsp3) is 0.860. The van der Waals surface area contributed by atoms with Crippen molar-refractivity contribution in [1.29, 1.82) is 0 Å². The predicted molar refractivity (Wildman–Crippen MR) is 203 cm³/mol. The zero-order valence-corrected chi connectivity index (χ0v) is 34.4. The lowest BCUT2D eigenvalue weighted by atomic mass is 9.70. The molecule has 6 rings (SSSR count). The first kappa shape index (κ1) is 41.9. The van der Waals surface area contributed by atoms with Gasteiger partial charge in [-0.2, -0.15) is 0 Å². The van der Waals surface area contributed by atoms with Gasteiger partial charge >= 0.3 is 5.97 Å². The lowest BCUT2D eigenvalue weighted by Crippen LogP contribution is -2.59. The van der Waals surface area contributed by atoms with Gasteiger partial charge in [-0.3, -0.25) is 9.59 Å². The van der Waals surface area contributed by atoms with E-state index in [-0.39, 0.29) is 96.8 Å². The highest BCUT2D eigenvalue weighted by Crippen LogP contribution is 2.54. The second kappa shape index (κ2) is 18.7. The summed E-state index contributed by atoms with van der Waals surface area (Å²) in [5, 5.41) is 0. The van der Waals surface area contributed by atoms with Crippen LogP contribution in [0.2, 0.25) is 0 Å². The molecule has 1 saturated carbocycles. The Labute approximate surface area is 324 Å². The largest absolute Gasteiger partial charge is 0.462 e. The van der Waals surface area contributed by atoms with Crippen LogP contribution in [-0.2, 0) is 47.5 Å². The molecule has 6 aliphatic rings. The van der Waals surface area contributed by atoms with E-state index in [4.69, 9.17) is 37.9 Å². The van der Waals surface area contributed by atoms with Gasteiger partial charge in [0.2, 0.25) is 0 Å². The van der Waals surface area contributed by atoms with Crippen molar-refractivity contribution < 1.29 is 47.5 Å². The van der Waals surface area contributed by atoms with Crippen LogP contribution >= 0.6 is 0 Å². The third-order valence-electron chi connectivity index (χ3n) is 13.7. The van der Waals surface area contributed by atoms with Crippen LogP contribution in [0.5, 0.6) is 0 Å². The second-order valence-corrected chi connectivity index (χ2v) is 17.0. The van der Waals surface area contributed by atoms with Crippen molar-refractivity contribution in [2.75, 3.05) is 34.9 Å². The van der Waals surface area contributed by atoms with Gasteiger partial charge in [0, 0.05) is 39.2 Å². The number of Topliss-reactive ketones (excluding diaryl/α,β-unsaturated/α-hetero) is 1. The molecule has 3 aliphatic heterocycles. The molecule has 0 aromatic heterocycles. The van der Waals surface area contributed by atoms with Crippen LogP contribution in [0.4, 0.5) is 0 Å². The molecule has 54 heavy (non-hydrogen) atoms. The summed E-state index contributed by atoms with van der Waals surface area (Å²) >= 11 is 0. The molecule has 3 heterocycles. The van der Waals surface area contributed by atoms with E-state index in [0.717, 1.165) is 63.5 Å². The van der Waals surface area contributed by atoms with Crippen LogP contribution in [0.25, 0.3) is 0 Å². The van der Waals surface area contributed by atoms with Gasteiger partial charge in [-0.1, -0.05) is 39.0 Å². The number of likely N-dealkylation sites (N-methyl/N-ethyl adjacent to an activating group) is 1. The lowest BCUT2D eigenvalue weighted by molar-refractivity contribution is -0.314. The van der Waals surface area contributed by atoms with Crippen molar-refractivity contribution in [3.05, 3.63) is 23.8 Å². The molecule has 0 aromatic carbocycles. The van der Waals surface area contributed by atoms with Gasteiger partial charge in [0.25, 0.3) is 0 Å². The normalized spacial score (nSPS) is 44.5. The monoisotopic (exact) mass is 759 g/mol. The quantitative estimate of drug-likeness (QED) is 0.176. The minimum absolute atomic E-state index is 0.0440. The van der Waals surface area contributed by atoms with Gasteiger partial charge in [-0.05, 0) is 114 Å². The van der Waals surface area contributed by atoms with Gasteiger partial charge in [0.05, 0.1) is 30.8 Å². The first-order valence-corrected chi connectivity index (χ1v) is 21.1. The van der Waals surface area contributed by atoms with Crippen LogP contribution in [-0.4, -0.2) is 119 Å². The zero-order valence-electron chi connectivity index (χ0n) is 34.4. The molecular weight excluding hydrogens is 690 g/mol. The van der Waals surface area contributed by atoms with E-state index in [2.05, 4.69) is 50.9 Å². The number of hydrogen-bond donors (Lipinski definition) is 0. The van der Waals surface area contributed by atoms with E-state index >= 15 is 0 Å². The molecule has 11 heteroatoms. The summed E-state index contributed by atoms with van der Waals surface area (Å²) in [6.07, 6.45) is 12.0. The molecule has 306 valence electrons. The molecule has 0 amide bonds. The van der Waals surface area contributed by atoms with Crippen LogP contribution in [0.1, 0.15) is 98.8 Å². The molecule has 3 saturated heterocycles. The van der Waals surface area contributed by atoms with E-state index < -0.39 is 12.4 Å². The van der Waals surface area contributed by atoms with Crippen LogP contribution in [0.3, 0.4) is 0 Å². The summed E-state index contributed by atoms with van der Waals surface area (Å²) < 4.78 is 49.8. The van der Waals surface area contributed by atoms with Crippen molar-refractivity contribution in [3.63, 3.8) is 0 Å². The van der Waals surface area contributed by atoms with Gasteiger partial charge in [0.1, 0.15) is 24.4 Å². The Morgan fingerprint density at radius 2 is 1.59 bits per heavy atom. The smallest absolute Gasteiger partial charge is 0.306 e. The van der Waals surface area contributed by atoms with Crippen LogP contribution < -0.4 is 0 Å². The highest BCUT2D eigenvalue weighted by molar-refractivity contribution is 5.99. The predicted octanol–water partition coefficient (Wildman–Crippen LogP) is 6.27. The standard InChI is InChI=1S/C43H69NO10/c1-10-19-44(6)35-17-18-38(50-25(35)4)54-36-14-12-13-28(11-2)52-37(45)23-33-30-16-15-27-20-29(21-31(27)32(30)22-34(33)39(46)24(36)3)53-43-42(49-9)41(48-8)40(47-7)26(5)51-43/h15-16,22,24-33,35-36,38,40-43H,10-14,17-21,23H2,1-9H3/t24-,25?,26?,27-,28+,29-,30-,31-,32-,33+,35+,36+,38?,40+,41?,42?,43+/m1/s1. The summed E-state index contributed by atoms with van der Waals surface area (Å²) in [6.45, 7) is 11.5. The van der Waals surface area contributed by atoms with E-state index in [1.54, 1.807) is 21.3 Å². The topological polar surface area (TPSA) is 111 Å². The van der Waals surface area contributed by atoms with Gasteiger partial charge in [-0.15, -0.1) is 0 Å². The molecule has 0 spiro atoms. The van der Waals surface area contributed by atoms with Gasteiger partial charge in [-0.25, -0.2) is 0 Å². The van der Waals surface area contributed by atoms with E-state index in [1.165, 1.54) is 0 Å². The number of cyclic esters (lactones) is 1. The average molecular weight is 760 g/mol. The number of esters is 1. The first-order chi connectivity index (χ1) is 26.0. The van der Waals surface area contributed by atoms with Gasteiger partial charge < -0.3 is 42.8 Å². The van der Waals surface area contributed by atoms with Crippen molar-refractivity contribution >= 4 is 11.8 Å². The van der Waals surface area contributed by atoms with Gasteiger partial charge in [0.15, 0.2) is 18.4 Å². The van der Waals surface area contributed by atoms with Crippen molar-refractivity contribution in [2.24, 2.45) is 35.5 Å². The Kier molecular flexibility index (Phi) is 14.5. The SMILES string of the molecule is CCCN(C)[C@H]1CCC(O[C@H]2CCC[C@H](CC)OC(=O)C[C@@H]3C(=C[C@@H]4[C@H]3C=C[C@@H]3C[C@@H](O[C@@H]5OC(C)[C@H](OC)C(OC)C5OC)C[C@@H]43)C(=O)[C@@H]2C)OC1C. The summed E-state index contributed by atoms with van der Waals surface area (Å²) in [5.41, 5.74) is 0.767. The highest BCUT2D eigenvalue weighted by atomic mass is 16.7. The number of ether oxygens (including phenoxy) is 8. The Hall–Kier alpha value is -1.70. The average Bonchev–Trinajstić information content (AvgIpc) is 3.73. The number of rotatable bonds is 11. The Bertz CT molecular complexity index is 1320. The third kappa shape index (κ3) is 8.89. The highest BCUT2D eigenvalue weighted by Gasteiger charge is 2.52. The minimum Gasteiger partial charge on any atom is -0.462 e. The number of ketones is 1. The van der Waals surface area contributed by atoms with Crippen molar-refractivity contribution in [2.45, 2.75) is 166 Å². The molecule has 4 fully saturated rings. The lowest BCUT2D eigenvalue weighted by Gasteiger charge is -2.44. The Morgan fingerprint density at radius 3 is 2.28 bits per heavy atom. The number of hydrogen-bond acceptors (Lipinski definition) is 11. The Balaban J connectivity index is 1.19. The molecule has 0 N–H and O–H groups in total.